The van der Waals surface area contributed by atoms with Gasteiger partial charge in [0.25, 0.3) is 5.56 Å². The molecule has 0 aromatic carbocycles. The Morgan fingerprint density at radius 1 is 1.26 bits per heavy atom. The van der Waals surface area contributed by atoms with Gasteiger partial charge in [-0.2, -0.15) is 0 Å². The highest BCUT2D eigenvalue weighted by Crippen LogP contribution is 2.37. The fourth-order valence-electron chi connectivity index (χ4n) is 2.99. The van der Waals surface area contributed by atoms with Gasteiger partial charge in [0.2, 0.25) is 0 Å². The Kier molecular flexibility index (Phi) is 4.08. The molecular weight excluding hydrogens is 242 g/mol. The van der Waals surface area contributed by atoms with Crippen LogP contribution in [0.4, 0.5) is 0 Å². The van der Waals surface area contributed by atoms with Crippen molar-refractivity contribution in [1.29, 1.82) is 0 Å². The summed E-state index contributed by atoms with van der Waals surface area (Å²) in [5.74, 6) is 0.692. The number of carbonyl (C=O) groups is 1. The molecule has 2 N–H and O–H groups in total. The fraction of sp³-hybridized carbons (Fsp3) is 0.600. The topological polar surface area (TPSA) is 70.2 Å². The van der Waals surface area contributed by atoms with Crippen molar-refractivity contribution in [3.05, 3.63) is 33.7 Å². The van der Waals surface area contributed by atoms with Crippen LogP contribution in [-0.4, -0.2) is 16.1 Å². The van der Waals surface area contributed by atoms with Gasteiger partial charge in [-0.15, -0.1) is 0 Å². The third-order valence-electron chi connectivity index (χ3n) is 4.32. The molecule has 1 saturated carbocycles. The number of aromatic nitrogens is 1. The van der Waals surface area contributed by atoms with E-state index in [1.54, 1.807) is 6.07 Å². The second kappa shape index (κ2) is 5.59. The first-order valence-corrected chi connectivity index (χ1v) is 6.95. The molecule has 19 heavy (non-hydrogen) atoms. The predicted octanol–water partition coefficient (Wildman–Crippen LogP) is 3.00. The van der Waals surface area contributed by atoms with Crippen molar-refractivity contribution in [2.45, 2.75) is 45.4 Å². The highest BCUT2D eigenvalue weighted by molar-refractivity contribution is 5.86. The zero-order valence-electron chi connectivity index (χ0n) is 11.5. The lowest BCUT2D eigenvalue weighted by Gasteiger charge is -2.30. The van der Waals surface area contributed by atoms with E-state index in [0.717, 1.165) is 30.4 Å². The van der Waals surface area contributed by atoms with Gasteiger partial charge in [0.05, 0.1) is 0 Å². The number of nitrogens with one attached hydrogen (secondary N) is 1. The number of carboxylic acids is 1. The van der Waals surface area contributed by atoms with E-state index >= 15 is 0 Å². The van der Waals surface area contributed by atoms with Crippen LogP contribution in [0.5, 0.6) is 0 Å². The second-order valence-electron chi connectivity index (χ2n) is 5.82. The number of aromatic carboxylic acids is 1. The van der Waals surface area contributed by atoms with Crippen molar-refractivity contribution in [2.24, 2.45) is 11.8 Å². The maximum Gasteiger partial charge on any atom is 0.341 e. The van der Waals surface area contributed by atoms with Crippen LogP contribution in [0.15, 0.2) is 16.9 Å². The van der Waals surface area contributed by atoms with Gasteiger partial charge in [0, 0.05) is 5.69 Å². The van der Waals surface area contributed by atoms with Crippen LogP contribution in [0.2, 0.25) is 0 Å². The average Bonchev–Trinajstić information content (AvgIpc) is 2.38. The van der Waals surface area contributed by atoms with Crippen LogP contribution < -0.4 is 5.56 Å². The van der Waals surface area contributed by atoms with Crippen molar-refractivity contribution >= 4 is 5.97 Å². The minimum absolute atomic E-state index is 0.181. The molecule has 0 amide bonds. The highest BCUT2D eigenvalue weighted by atomic mass is 16.4. The van der Waals surface area contributed by atoms with Gasteiger partial charge < -0.3 is 10.1 Å². The molecule has 4 nitrogen and oxygen atoms in total. The van der Waals surface area contributed by atoms with E-state index in [-0.39, 0.29) is 5.56 Å². The van der Waals surface area contributed by atoms with Gasteiger partial charge in [-0.25, -0.2) is 4.79 Å². The molecule has 1 aliphatic rings. The quantitative estimate of drug-likeness (QED) is 0.880. The predicted molar refractivity (Wildman–Crippen MR) is 73.6 cm³/mol. The van der Waals surface area contributed by atoms with Crippen LogP contribution in [0.3, 0.4) is 0 Å². The molecule has 1 aromatic heterocycles. The fourth-order valence-corrected chi connectivity index (χ4v) is 2.99. The maximum absolute atomic E-state index is 11.7. The van der Waals surface area contributed by atoms with Gasteiger partial charge in [0.1, 0.15) is 5.56 Å². The highest BCUT2D eigenvalue weighted by Gasteiger charge is 2.25. The first-order valence-electron chi connectivity index (χ1n) is 6.95. The van der Waals surface area contributed by atoms with E-state index in [1.165, 1.54) is 18.9 Å². The third-order valence-corrected chi connectivity index (χ3v) is 4.32. The summed E-state index contributed by atoms with van der Waals surface area (Å²) in [6.07, 6.45) is 4.52. The molecule has 1 aliphatic carbocycles. The van der Waals surface area contributed by atoms with Crippen molar-refractivity contribution in [2.75, 3.05) is 0 Å². The van der Waals surface area contributed by atoms with Gasteiger partial charge >= 0.3 is 5.97 Å². The van der Waals surface area contributed by atoms with E-state index in [1.807, 2.05) is 0 Å². The molecule has 2 rings (SSSR count). The van der Waals surface area contributed by atoms with Crippen LogP contribution in [-0.2, 0) is 0 Å². The summed E-state index contributed by atoms with van der Waals surface area (Å²) in [5.41, 5.74) is 0.216. The maximum atomic E-state index is 11.7. The van der Waals surface area contributed by atoms with E-state index in [2.05, 4.69) is 18.8 Å². The average molecular weight is 263 g/mol. The van der Waals surface area contributed by atoms with Gasteiger partial charge in [0.15, 0.2) is 0 Å². The van der Waals surface area contributed by atoms with Crippen LogP contribution >= 0.6 is 0 Å². The number of hydrogen-bond donors (Lipinski definition) is 2. The molecular formula is C15H21NO3. The van der Waals surface area contributed by atoms with Gasteiger partial charge in [-0.1, -0.05) is 13.8 Å². The lowest BCUT2D eigenvalue weighted by molar-refractivity contribution is 0.0695. The molecule has 0 aliphatic heterocycles. The van der Waals surface area contributed by atoms with E-state index in [9.17, 15) is 9.59 Å². The second-order valence-corrected chi connectivity index (χ2v) is 5.82. The first kappa shape index (κ1) is 13.8. The molecule has 0 spiro atoms. The summed E-state index contributed by atoms with van der Waals surface area (Å²) in [7, 11) is 0. The normalized spacial score (nSPS) is 23.5. The van der Waals surface area contributed by atoms with E-state index in [4.69, 9.17) is 5.11 Å². The van der Waals surface area contributed by atoms with E-state index < -0.39 is 11.5 Å². The van der Waals surface area contributed by atoms with E-state index in [0.29, 0.717) is 5.92 Å². The van der Waals surface area contributed by atoms with Crippen LogP contribution in [0, 0.1) is 11.8 Å². The Balaban J connectivity index is 2.10. The van der Waals surface area contributed by atoms with Gasteiger partial charge in [-0.05, 0) is 55.6 Å². The SMILES string of the molecule is CC(C)[C@H]1CC[C@H](c2ccc(C(=O)O)c(=O)[nH]2)CC1. The lowest BCUT2D eigenvalue weighted by atomic mass is 9.76. The smallest absolute Gasteiger partial charge is 0.341 e. The Labute approximate surface area is 112 Å². The largest absolute Gasteiger partial charge is 0.477 e. The summed E-state index contributed by atoms with van der Waals surface area (Å²) >= 11 is 0. The molecule has 1 heterocycles. The molecule has 0 atom stereocenters. The molecule has 1 fully saturated rings. The Hall–Kier alpha value is -1.58. The van der Waals surface area contributed by atoms with Crippen LogP contribution in [0.1, 0.15) is 61.5 Å². The zero-order chi connectivity index (χ0) is 14.0. The third kappa shape index (κ3) is 3.06. The number of carboxylic acid groups (broad SMARTS) is 1. The number of rotatable bonds is 3. The molecule has 104 valence electrons. The molecule has 0 saturated heterocycles. The Morgan fingerprint density at radius 2 is 1.89 bits per heavy atom. The Bertz CT molecular complexity index is 510. The summed E-state index contributed by atoms with van der Waals surface area (Å²) in [6.45, 7) is 4.52. The summed E-state index contributed by atoms with van der Waals surface area (Å²) in [5, 5.41) is 8.84. The van der Waals surface area contributed by atoms with Crippen molar-refractivity contribution < 1.29 is 9.90 Å². The minimum Gasteiger partial charge on any atom is -0.477 e. The first-order chi connectivity index (χ1) is 8.99. The molecule has 0 bridgehead atoms. The number of aromatic amines is 1. The molecule has 4 heteroatoms. The summed E-state index contributed by atoms with van der Waals surface area (Å²) < 4.78 is 0. The Morgan fingerprint density at radius 3 is 2.37 bits per heavy atom. The zero-order valence-corrected chi connectivity index (χ0v) is 11.5. The van der Waals surface area contributed by atoms with Gasteiger partial charge in [-0.3, -0.25) is 4.79 Å². The molecule has 1 aromatic rings. The molecule has 0 radical (unpaired) electrons. The van der Waals surface area contributed by atoms with Crippen molar-refractivity contribution in [3.8, 4) is 0 Å². The standard InChI is InChI=1S/C15H21NO3/c1-9(2)10-3-5-11(6-4-10)13-8-7-12(15(18)19)14(17)16-13/h7-11H,3-6H2,1-2H3,(H,16,17)(H,18,19)/t10-,11-. The molecule has 0 unspecified atom stereocenters. The number of hydrogen-bond acceptors (Lipinski definition) is 2. The van der Waals surface area contributed by atoms with Crippen molar-refractivity contribution in [1.82, 2.24) is 4.98 Å². The number of H-pyrrole nitrogens is 1. The lowest BCUT2D eigenvalue weighted by Crippen LogP contribution is -2.22. The van der Waals surface area contributed by atoms with Crippen molar-refractivity contribution in [3.63, 3.8) is 0 Å². The number of pyridine rings is 1. The minimum atomic E-state index is -1.17. The monoisotopic (exact) mass is 263 g/mol. The summed E-state index contributed by atoms with van der Waals surface area (Å²) in [4.78, 5) is 25.2. The summed E-state index contributed by atoms with van der Waals surface area (Å²) in [6, 6.07) is 3.18. The van der Waals surface area contributed by atoms with Crippen LogP contribution in [0.25, 0.3) is 0 Å².